The molecule has 1 nitrogen and oxygen atoms in total. The summed E-state index contributed by atoms with van der Waals surface area (Å²) in [5, 5.41) is 1.68. The van der Waals surface area contributed by atoms with Gasteiger partial charge in [0.15, 0.2) is 0 Å². The van der Waals surface area contributed by atoms with Crippen molar-refractivity contribution in [1.29, 1.82) is 0 Å². The van der Waals surface area contributed by atoms with Crippen molar-refractivity contribution in [1.82, 2.24) is 0 Å². The molecule has 148 valence electrons. The van der Waals surface area contributed by atoms with Crippen LogP contribution in [0.25, 0.3) is 0 Å². The third-order valence-electron chi connectivity index (χ3n) is 6.03. The molecule has 0 heterocycles. The molecular weight excluding hydrogens is 368 g/mol. The molecule has 0 spiro atoms. The number of hydrogen-bond donors (Lipinski definition) is 0. The van der Waals surface area contributed by atoms with Gasteiger partial charge in [-0.05, 0) is 23.6 Å². The Morgan fingerprint density at radius 1 is 0.690 bits per heavy atom. The summed E-state index contributed by atoms with van der Waals surface area (Å²) in [6.07, 6.45) is 0. The van der Waals surface area contributed by atoms with Crippen molar-refractivity contribution in [3.8, 4) is 0 Å². The molecule has 0 bridgehead atoms. The highest BCUT2D eigenvalue weighted by Crippen LogP contribution is 2.48. The van der Waals surface area contributed by atoms with Crippen LogP contribution in [0.15, 0.2) is 102 Å². The monoisotopic (exact) mass is 398 g/mol. The van der Waals surface area contributed by atoms with Gasteiger partial charge in [0.25, 0.3) is 0 Å². The van der Waals surface area contributed by atoms with Gasteiger partial charge in [-0.2, -0.15) is 0 Å². The van der Waals surface area contributed by atoms with E-state index in [0.717, 1.165) is 6.61 Å². The standard InChI is InChI=1S/C27H30OSi/c1-21-25(26(21)29(2,3)4)20-28-27(22-14-8-5-9-15-22,23-16-10-6-11-17-23)24-18-12-7-13-19-24/h5-19,25H,20H2,1-4H3/t25-/m1/s1. The van der Waals surface area contributed by atoms with E-state index in [4.69, 9.17) is 4.74 Å². The lowest BCUT2D eigenvalue weighted by Gasteiger charge is -2.36. The van der Waals surface area contributed by atoms with E-state index in [-0.39, 0.29) is 0 Å². The van der Waals surface area contributed by atoms with Gasteiger partial charge >= 0.3 is 0 Å². The van der Waals surface area contributed by atoms with Crippen LogP contribution in [0.2, 0.25) is 19.6 Å². The minimum atomic E-state index is -1.28. The van der Waals surface area contributed by atoms with Gasteiger partial charge in [-0.3, -0.25) is 0 Å². The maximum Gasteiger partial charge on any atom is 0.143 e. The van der Waals surface area contributed by atoms with Gasteiger partial charge in [-0.1, -0.05) is 121 Å². The Morgan fingerprint density at radius 2 is 1.07 bits per heavy atom. The van der Waals surface area contributed by atoms with Crippen molar-refractivity contribution >= 4 is 8.07 Å². The van der Waals surface area contributed by atoms with Gasteiger partial charge in [-0.15, -0.1) is 0 Å². The van der Waals surface area contributed by atoms with Gasteiger partial charge in [-0.25, -0.2) is 0 Å². The summed E-state index contributed by atoms with van der Waals surface area (Å²) in [7, 11) is -1.28. The molecule has 0 radical (unpaired) electrons. The third-order valence-corrected chi connectivity index (χ3v) is 8.39. The van der Waals surface area contributed by atoms with E-state index in [1.165, 1.54) is 16.7 Å². The number of rotatable bonds is 7. The summed E-state index contributed by atoms with van der Waals surface area (Å²) >= 11 is 0. The maximum atomic E-state index is 6.99. The summed E-state index contributed by atoms with van der Waals surface area (Å²) in [6.45, 7) is 10.3. The van der Waals surface area contributed by atoms with Crippen molar-refractivity contribution in [3.63, 3.8) is 0 Å². The van der Waals surface area contributed by atoms with E-state index in [0.29, 0.717) is 5.92 Å². The maximum absolute atomic E-state index is 6.99. The lowest BCUT2D eigenvalue weighted by Crippen LogP contribution is -2.34. The molecule has 29 heavy (non-hydrogen) atoms. The Hall–Kier alpha value is -2.42. The molecule has 4 rings (SSSR count). The predicted octanol–water partition coefficient (Wildman–Crippen LogP) is 6.82. The quantitative estimate of drug-likeness (QED) is 0.313. The van der Waals surface area contributed by atoms with Crippen molar-refractivity contribution in [3.05, 3.63) is 118 Å². The molecule has 0 amide bonds. The lowest BCUT2D eigenvalue weighted by atomic mass is 9.80. The Balaban J connectivity index is 1.79. The van der Waals surface area contributed by atoms with Gasteiger partial charge in [0.2, 0.25) is 0 Å². The molecule has 1 aliphatic rings. The van der Waals surface area contributed by atoms with E-state index in [1.54, 1.807) is 10.8 Å². The van der Waals surface area contributed by atoms with Crippen molar-refractivity contribution in [2.75, 3.05) is 6.61 Å². The number of benzene rings is 3. The Kier molecular flexibility index (Phi) is 5.33. The fourth-order valence-electron chi connectivity index (χ4n) is 4.69. The first kappa shape index (κ1) is 19.9. The van der Waals surface area contributed by atoms with E-state index in [1.807, 2.05) is 0 Å². The molecule has 3 aromatic rings. The number of hydrogen-bond acceptors (Lipinski definition) is 1. The topological polar surface area (TPSA) is 9.23 Å². The Morgan fingerprint density at radius 3 is 1.38 bits per heavy atom. The van der Waals surface area contributed by atoms with Crippen LogP contribution in [0.4, 0.5) is 0 Å². The molecular formula is C27H30OSi. The molecule has 2 heteroatoms. The molecule has 0 saturated carbocycles. The SMILES string of the molecule is CC1=C([Si](C)(C)C)[C@@H]1COC(c1ccccc1)(c1ccccc1)c1ccccc1. The predicted molar refractivity (Wildman–Crippen MR) is 125 cm³/mol. The van der Waals surface area contributed by atoms with Gasteiger partial charge in [0.1, 0.15) is 5.60 Å². The molecule has 0 saturated heterocycles. The molecule has 1 aliphatic carbocycles. The Bertz CT molecular complexity index is 888. The third kappa shape index (κ3) is 3.75. The highest BCUT2D eigenvalue weighted by Gasteiger charge is 2.44. The average Bonchev–Trinajstić information content (AvgIpc) is 3.41. The summed E-state index contributed by atoms with van der Waals surface area (Å²) in [4.78, 5) is 0. The summed E-state index contributed by atoms with van der Waals surface area (Å²) in [5.74, 6) is 0.497. The molecule has 3 aromatic carbocycles. The molecule has 0 unspecified atom stereocenters. The van der Waals surface area contributed by atoms with Crippen LogP contribution < -0.4 is 0 Å². The first-order valence-electron chi connectivity index (χ1n) is 10.5. The normalized spacial score (nSPS) is 16.8. The van der Waals surface area contributed by atoms with Gasteiger partial charge < -0.3 is 4.74 Å². The van der Waals surface area contributed by atoms with E-state index >= 15 is 0 Å². The summed E-state index contributed by atoms with van der Waals surface area (Å²) in [6, 6.07) is 32.0. The zero-order valence-corrected chi connectivity index (χ0v) is 18.9. The first-order chi connectivity index (χ1) is 13.9. The first-order valence-corrected chi connectivity index (χ1v) is 14.0. The van der Waals surface area contributed by atoms with Gasteiger partial charge in [0, 0.05) is 5.92 Å². The molecule has 0 fully saturated rings. The number of ether oxygens (including phenoxy) is 1. The fraction of sp³-hybridized carbons (Fsp3) is 0.259. The minimum Gasteiger partial charge on any atom is -0.360 e. The van der Waals surface area contributed by atoms with Crippen LogP contribution in [0.1, 0.15) is 23.6 Å². The van der Waals surface area contributed by atoms with Crippen molar-refractivity contribution in [2.24, 2.45) is 5.92 Å². The average molecular weight is 399 g/mol. The van der Waals surface area contributed by atoms with Gasteiger partial charge in [0.05, 0.1) is 14.7 Å². The van der Waals surface area contributed by atoms with Crippen LogP contribution >= 0.6 is 0 Å². The zero-order chi connectivity index (χ0) is 20.5. The highest BCUT2D eigenvalue weighted by molar-refractivity contribution is 6.84. The second-order valence-electron chi connectivity index (χ2n) is 8.99. The van der Waals surface area contributed by atoms with Crippen molar-refractivity contribution < 1.29 is 4.74 Å². The second kappa shape index (κ2) is 7.77. The smallest absolute Gasteiger partial charge is 0.143 e. The summed E-state index contributed by atoms with van der Waals surface area (Å²) < 4.78 is 6.99. The van der Waals surface area contributed by atoms with E-state index in [2.05, 4.69) is 118 Å². The molecule has 0 N–H and O–H groups in total. The molecule has 1 atom stereocenters. The molecule has 0 aliphatic heterocycles. The second-order valence-corrected chi connectivity index (χ2v) is 14.0. The summed E-state index contributed by atoms with van der Waals surface area (Å²) in [5.41, 5.74) is 4.45. The van der Waals surface area contributed by atoms with Crippen molar-refractivity contribution in [2.45, 2.75) is 32.2 Å². The fourth-order valence-corrected chi connectivity index (χ4v) is 7.32. The van der Waals surface area contributed by atoms with Crippen LogP contribution in [-0.4, -0.2) is 14.7 Å². The Labute approximate surface area is 176 Å². The van der Waals surface area contributed by atoms with Crippen LogP contribution in [-0.2, 0) is 10.3 Å². The molecule has 0 aromatic heterocycles. The van der Waals surface area contributed by atoms with E-state index in [9.17, 15) is 0 Å². The zero-order valence-electron chi connectivity index (χ0n) is 17.9. The minimum absolute atomic E-state index is 0.497. The van der Waals surface area contributed by atoms with E-state index < -0.39 is 13.7 Å². The lowest BCUT2D eigenvalue weighted by molar-refractivity contribution is 0.00824. The largest absolute Gasteiger partial charge is 0.360 e. The highest BCUT2D eigenvalue weighted by atomic mass is 28.3. The van der Waals surface area contributed by atoms with Crippen LogP contribution in [0.3, 0.4) is 0 Å². The van der Waals surface area contributed by atoms with Crippen LogP contribution in [0, 0.1) is 5.92 Å². The van der Waals surface area contributed by atoms with Crippen LogP contribution in [0.5, 0.6) is 0 Å².